The Morgan fingerprint density at radius 2 is 2.00 bits per heavy atom. The van der Waals surface area contributed by atoms with E-state index in [1.54, 1.807) is 0 Å². The highest BCUT2D eigenvalue weighted by Gasteiger charge is 2.42. The van der Waals surface area contributed by atoms with Gasteiger partial charge in [-0.3, -0.25) is 0 Å². The molecule has 0 saturated carbocycles. The molecule has 2 atom stereocenters. The van der Waals surface area contributed by atoms with Crippen LogP contribution in [0.1, 0.15) is 48.9 Å². The van der Waals surface area contributed by atoms with Gasteiger partial charge in [0.15, 0.2) is 0 Å². The Bertz CT molecular complexity index is 578. The largest absolute Gasteiger partial charge is 0.393 e. The van der Waals surface area contributed by atoms with Crippen LogP contribution in [0.5, 0.6) is 0 Å². The van der Waals surface area contributed by atoms with E-state index in [4.69, 9.17) is 4.98 Å². The minimum absolute atomic E-state index is 0.177. The Morgan fingerprint density at radius 3 is 2.70 bits per heavy atom. The van der Waals surface area contributed by atoms with Crippen LogP contribution < -0.4 is 4.90 Å². The Balaban J connectivity index is 1.77. The SMILES string of the molecule is N#Cc1cc2c(nc1N1C3CCC1CC(O)C3)CCC2. The van der Waals surface area contributed by atoms with Gasteiger partial charge in [-0.25, -0.2) is 4.98 Å². The number of hydrogen-bond acceptors (Lipinski definition) is 4. The van der Waals surface area contributed by atoms with Crippen molar-refractivity contribution in [1.82, 2.24) is 4.98 Å². The molecule has 104 valence electrons. The molecule has 20 heavy (non-hydrogen) atoms. The first-order chi connectivity index (χ1) is 9.76. The molecule has 1 aromatic rings. The standard InChI is InChI=1S/C16H19N3O/c17-9-11-6-10-2-1-3-15(10)18-16(11)19-12-4-5-13(19)8-14(20)7-12/h6,12-14,20H,1-5,7-8H2. The van der Waals surface area contributed by atoms with Crippen LogP contribution in [-0.2, 0) is 12.8 Å². The molecule has 4 heteroatoms. The maximum Gasteiger partial charge on any atom is 0.147 e. The maximum atomic E-state index is 9.92. The van der Waals surface area contributed by atoms with Gasteiger partial charge >= 0.3 is 0 Å². The molecular formula is C16H19N3O. The van der Waals surface area contributed by atoms with Crippen molar-refractivity contribution in [2.75, 3.05) is 4.90 Å². The summed E-state index contributed by atoms with van der Waals surface area (Å²) in [5.41, 5.74) is 3.16. The summed E-state index contributed by atoms with van der Waals surface area (Å²) in [6.07, 6.45) is 6.95. The normalized spacial score (nSPS) is 31.2. The van der Waals surface area contributed by atoms with Crippen molar-refractivity contribution in [1.29, 1.82) is 5.26 Å². The predicted octanol–water partition coefficient (Wildman–Crippen LogP) is 1.93. The minimum Gasteiger partial charge on any atom is -0.393 e. The first-order valence-electron chi connectivity index (χ1n) is 7.65. The van der Waals surface area contributed by atoms with Gasteiger partial charge in [-0.2, -0.15) is 5.26 Å². The lowest BCUT2D eigenvalue weighted by Gasteiger charge is -2.38. The number of piperidine rings is 1. The third-order valence-electron chi connectivity index (χ3n) is 5.10. The van der Waals surface area contributed by atoms with Crippen LogP contribution in [0.2, 0.25) is 0 Å². The molecule has 0 spiro atoms. The van der Waals surface area contributed by atoms with Gasteiger partial charge in [0.25, 0.3) is 0 Å². The second-order valence-corrected chi connectivity index (χ2v) is 6.35. The van der Waals surface area contributed by atoms with Crippen molar-refractivity contribution in [2.45, 2.75) is 63.1 Å². The summed E-state index contributed by atoms with van der Waals surface area (Å²) >= 11 is 0. The number of hydrogen-bond donors (Lipinski definition) is 1. The smallest absolute Gasteiger partial charge is 0.147 e. The lowest BCUT2D eigenvalue weighted by molar-refractivity contribution is 0.126. The van der Waals surface area contributed by atoms with E-state index in [0.29, 0.717) is 12.1 Å². The molecule has 2 fully saturated rings. The van der Waals surface area contributed by atoms with Crippen molar-refractivity contribution in [3.63, 3.8) is 0 Å². The fourth-order valence-electron chi connectivity index (χ4n) is 4.23. The number of aliphatic hydroxyl groups is 1. The molecule has 1 aliphatic carbocycles. The molecule has 0 amide bonds. The van der Waals surface area contributed by atoms with Crippen LogP contribution >= 0.6 is 0 Å². The van der Waals surface area contributed by atoms with Gasteiger partial charge in [0.2, 0.25) is 0 Å². The average Bonchev–Trinajstić information content (AvgIpc) is 2.99. The number of fused-ring (bicyclic) bond motifs is 3. The van der Waals surface area contributed by atoms with E-state index in [-0.39, 0.29) is 6.10 Å². The third-order valence-corrected chi connectivity index (χ3v) is 5.10. The highest BCUT2D eigenvalue weighted by atomic mass is 16.3. The van der Waals surface area contributed by atoms with Crippen molar-refractivity contribution in [3.05, 3.63) is 22.9 Å². The van der Waals surface area contributed by atoms with Gasteiger partial charge in [0, 0.05) is 17.8 Å². The van der Waals surface area contributed by atoms with Gasteiger partial charge in [0.1, 0.15) is 11.9 Å². The van der Waals surface area contributed by atoms with Gasteiger partial charge in [-0.15, -0.1) is 0 Å². The zero-order valence-corrected chi connectivity index (χ0v) is 11.5. The fraction of sp³-hybridized carbons (Fsp3) is 0.625. The Labute approximate surface area is 119 Å². The number of aryl methyl sites for hydroxylation is 2. The molecule has 0 aromatic carbocycles. The van der Waals surface area contributed by atoms with Crippen molar-refractivity contribution in [3.8, 4) is 6.07 Å². The van der Waals surface area contributed by atoms with Crippen molar-refractivity contribution in [2.24, 2.45) is 0 Å². The molecule has 4 rings (SSSR count). The Kier molecular flexibility index (Phi) is 2.71. The number of nitrogens with zero attached hydrogens (tertiary/aromatic N) is 3. The van der Waals surface area contributed by atoms with E-state index in [2.05, 4.69) is 17.0 Å². The van der Waals surface area contributed by atoms with Gasteiger partial charge in [-0.1, -0.05) is 0 Å². The van der Waals surface area contributed by atoms with Crippen LogP contribution in [0.15, 0.2) is 6.07 Å². The quantitative estimate of drug-likeness (QED) is 0.846. The van der Waals surface area contributed by atoms with E-state index < -0.39 is 0 Å². The molecule has 2 bridgehead atoms. The predicted molar refractivity (Wildman–Crippen MR) is 75.5 cm³/mol. The van der Waals surface area contributed by atoms with Gasteiger partial charge < -0.3 is 10.0 Å². The molecule has 2 aliphatic heterocycles. The summed E-state index contributed by atoms with van der Waals surface area (Å²) < 4.78 is 0. The highest BCUT2D eigenvalue weighted by molar-refractivity contribution is 5.59. The number of nitriles is 1. The number of anilines is 1. The van der Waals surface area contributed by atoms with Crippen LogP contribution in [-0.4, -0.2) is 28.3 Å². The zero-order chi connectivity index (χ0) is 13.7. The Morgan fingerprint density at radius 1 is 1.25 bits per heavy atom. The van der Waals surface area contributed by atoms with Crippen molar-refractivity contribution < 1.29 is 5.11 Å². The van der Waals surface area contributed by atoms with E-state index >= 15 is 0 Å². The summed E-state index contributed by atoms with van der Waals surface area (Å²) in [4.78, 5) is 7.17. The van der Waals surface area contributed by atoms with Crippen LogP contribution in [0, 0.1) is 11.3 Å². The van der Waals surface area contributed by atoms with Crippen LogP contribution in [0.4, 0.5) is 5.82 Å². The second-order valence-electron chi connectivity index (χ2n) is 6.35. The molecule has 1 aromatic heterocycles. The van der Waals surface area contributed by atoms with E-state index in [1.807, 2.05) is 0 Å². The lowest BCUT2D eigenvalue weighted by Crippen LogP contribution is -2.45. The number of rotatable bonds is 1. The molecule has 2 unspecified atom stereocenters. The van der Waals surface area contributed by atoms with Gasteiger partial charge in [0.05, 0.1) is 11.7 Å². The second kappa shape index (κ2) is 4.46. The molecule has 4 nitrogen and oxygen atoms in total. The molecule has 2 saturated heterocycles. The van der Waals surface area contributed by atoms with Crippen LogP contribution in [0.25, 0.3) is 0 Å². The first-order valence-corrected chi connectivity index (χ1v) is 7.65. The third kappa shape index (κ3) is 1.73. The average molecular weight is 269 g/mol. The number of aromatic nitrogens is 1. The van der Waals surface area contributed by atoms with Gasteiger partial charge in [-0.05, 0) is 56.6 Å². The van der Waals surface area contributed by atoms with Crippen LogP contribution in [0.3, 0.4) is 0 Å². The van der Waals surface area contributed by atoms with E-state index in [1.165, 1.54) is 11.3 Å². The monoisotopic (exact) mass is 269 g/mol. The maximum absolute atomic E-state index is 9.92. The lowest BCUT2D eigenvalue weighted by atomic mass is 9.99. The number of aliphatic hydroxyl groups excluding tert-OH is 1. The number of pyridine rings is 1. The molecule has 3 aliphatic rings. The fourth-order valence-corrected chi connectivity index (χ4v) is 4.23. The minimum atomic E-state index is -0.177. The van der Waals surface area contributed by atoms with E-state index in [0.717, 1.165) is 56.3 Å². The molecular weight excluding hydrogens is 250 g/mol. The first kappa shape index (κ1) is 12.2. The summed E-state index contributed by atoms with van der Waals surface area (Å²) in [6, 6.07) is 5.11. The molecule has 1 N–H and O–H groups in total. The Hall–Kier alpha value is -1.60. The summed E-state index contributed by atoms with van der Waals surface area (Å²) in [5.74, 6) is 0.882. The topological polar surface area (TPSA) is 60.2 Å². The van der Waals surface area contributed by atoms with E-state index in [9.17, 15) is 10.4 Å². The summed E-state index contributed by atoms with van der Waals surface area (Å²) in [6.45, 7) is 0. The molecule has 3 heterocycles. The zero-order valence-electron chi connectivity index (χ0n) is 11.5. The van der Waals surface area contributed by atoms with Crippen molar-refractivity contribution >= 4 is 5.82 Å². The molecule has 0 radical (unpaired) electrons. The summed E-state index contributed by atoms with van der Waals surface area (Å²) in [7, 11) is 0. The summed E-state index contributed by atoms with van der Waals surface area (Å²) in [5, 5.41) is 19.4. The highest BCUT2D eigenvalue weighted by Crippen LogP contribution is 2.40.